The summed E-state index contributed by atoms with van der Waals surface area (Å²) in [6.07, 6.45) is 0.199. The monoisotopic (exact) mass is 333 g/mol. The molecule has 1 aliphatic carbocycles. The number of fused-ring (bicyclic) bond motifs is 1. The summed E-state index contributed by atoms with van der Waals surface area (Å²) in [5, 5.41) is 2.78. The van der Waals surface area contributed by atoms with E-state index in [1.807, 2.05) is 44.2 Å². The molecule has 1 amide bonds. The van der Waals surface area contributed by atoms with Gasteiger partial charge in [-0.1, -0.05) is 30.3 Å². The maximum Gasteiger partial charge on any atom is 0.407 e. The summed E-state index contributed by atoms with van der Waals surface area (Å²) in [5.41, 5.74) is 0.916. The van der Waals surface area contributed by atoms with Crippen molar-refractivity contribution < 1.29 is 23.8 Å². The summed E-state index contributed by atoms with van der Waals surface area (Å²) in [6.45, 7) is 3.87. The van der Waals surface area contributed by atoms with Crippen molar-refractivity contribution in [2.75, 3.05) is 0 Å². The summed E-state index contributed by atoms with van der Waals surface area (Å²) in [7, 11) is 0. The largest absolute Gasteiger partial charge is 0.445 e. The van der Waals surface area contributed by atoms with Gasteiger partial charge < -0.3 is 19.5 Å². The highest BCUT2D eigenvalue weighted by molar-refractivity contribution is 5.81. The van der Waals surface area contributed by atoms with E-state index in [0.717, 1.165) is 5.56 Å². The second-order valence-electron chi connectivity index (χ2n) is 6.80. The number of ketones is 1. The lowest BCUT2D eigenvalue weighted by Gasteiger charge is -2.21. The van der Waals surface area contributed by atoms with Crippen molar-refractivity contribution in [3.8, 4) is 0 Å². The minimum atomic E-state index is -0.689. The Morgan fingerprint density at radius 1 is 1.21 bits per heavy atom. The first-order valence-electron chi connectivity index (χ1n) is 8.26. The molecule has 1 saturated heterocycles. The van der Waals surface area contributed by atoms with E-state index in [0.29, 0.717) is 12.8 Å². The van der Waals surface area contributed by atoms with Gasteiger partial charge >= 0.3 is 6.09 Å². The van der Waals surface area contributed by atoms with Gasteiger partial charge in [0.25, 0.3) is 0 Å². The molecule has 1 aromatic rings. The summed E-state index contributed by atoms with van der Waals surface area (Å²) >= 11 is 0. The highest BCUT2D eigenvalue weighted by atomic mass is 16.7. The molecule has 24 heavy (non-hydrogen) atoms. The molecule has 0 unspecified atom stereocenters. The van der Waals surface area contributed by atoms with Gasteiger partial charge in [0.05, 0.1) is 12.2 Å². The number of carbonyl (C=O) groups excluding carboxylic acids is 2. The molecule has 6 heteroatoms. The molecule has 130 valence electrons. The second kappa shape index (κ2) is 6.91. The first-order chi connectivity index (χ1) is 11.4. The van der Waals surface area contributed by atoms with Crippen LogP contribution >= 0.6 is 0 Å². The summed E-state index contributed by atoms with van der Waals surface area (Å²) in [4.78, 5) is 24.1. The first-order valence-corrected chi connectivity index (χ1v) is 8.26. The number of Topliss-reactive ketones (excluding diaryl/α,β-unsaturated/α-hetero) is 1. The predicted molar refractivity (Wildman–Crippen MR) is 86.2 cm³/mol. The molecule has 2 fully saturated rings. The molecule has 1 N–H and O–H groups in total. The van der Waals surface area contributed by atoms with Gasteiger partial charge in [0, 0.05) is 18.9 Å². The van der Waals surface area contributed by atoms with Crippen molar-refractivity contribution in [3.05, 3.63) is 35.9 Å². The van der Waals surface area contributed by atoms with E-state index in [4.69, 9.17) is 14.2 Å². The normalized spacial score (nSPS) is 28.8. The van der Waals surface area contributed by atoms with Crippen LogP contribution in [-0.4, -0.2) is 35.9 Å². The topological polar surface area (TPSA) is 73.9 Å². The van der Waals surface area contributed by atoms with Crippen molar-refractivity contribution in [1.82, 2.24) is 5.32 Å². The van der Waals surface area contributed by atoms with Gasteiger partial charge in [0.2, 0.25) is 0 Å². The molecule has 0 aromatic heterocycles. The number of rotatable bonds is 3. The van der Waals surface area contributed by atoms with E-state index in [2.05, 4.69) is 5.32 Å². The van der Waals surface area contributed by atoms with Gasteiger partial charge in [-0.2, -0.15) is 0 Å². The number of nitrogens with one attached hydrogen (secondary N) is 1. The van der Waals surface area contributed by atoms with Crippen molar-refractivity contribution >= 4 is 11.9 Å². The van der Waals surface area contributed by atoms with E-state index >= 15 is 0 Å². The number of hydrogen-bond acceptors (Lipinski definition) is 5. The molecule has 1 aromatic carbocycles. The number of alkyl carbamates (subject to hydrolysis) is 1. The van der Waals surface area contributed by atoms with Crippen LogP contribution in [0.3, 0.4) is 0 Å². The van der Waals surface area contributed by atoms with Gasteiger partial charge in [-0.3, -0.25) is 4.79 Å². The molecule has 1 heterocycles. The van der Waals surface area contributed by atoms with Crippen LogP contribution in [0.4, 0.5) is 4.79 Å². The van der Waals surface area contributed by atoms with Crippen LogP contribution in [0.25, 0.3) is 0 Å². The molecular weight excluding hydrogens is 310 g/mol. The molecule has 3 atom stereocenters. The molecule has 6 nitrogen and oxygen atoms in total. The van der Waals surface area contributed by atoms with Crippen LogP contribution in [0.15, 0.2) is 30.3 Å². The van der Waals surface area contributed by atoms with Crippen molar-refractivity contribution in [1.29, 1.82) is 0 Å². The smallest absolute Gasteiger partial charge is 0.407 e. The van der Waals surface area contributed by atoms with Crippen LogP contribution in [-0.2, 0) is 25.6 Å². The van der Waals surface area contributed by atoms with Gasteiger partial charge in [-0.15, -0.1) is 0 Å². The predicted octanol–water partition coefficient (Wildman–Crippen LogP) is 2.55. The van der Waals surface area contributed by atoms with E-state index in [9.17, 15) is 9.59 Å². The Hall–Kier alpha value is -1.92. The number of ether oxygens (including phenoxy) is 3. The van der Waals surface area contributed by atoms with Crippen LogP contribution in [0, 0.1) is 0 Å². The van der Waals surface area contributed by atoms with Crippen molar-refractivity contribution in [2.24, 2.45) is 0 Å². The third-order valence-corrected chi connectivity index (χ3v) is 4.24. The Morgan fingerprint density at radius 3 is 2.67 bits per heavy atom. The number of amides is 1. The van der Waals surface area contributed by atoms with Crippen molar-refractivity contribution in [3.63, 3.8) is 0 Å². The van der Waals surface area contributed by atoms with Crippen LogP contribution in [0.5, 0.6) is 0 Å². The lowest BCUT2D eigenvalue weighted by Crippen LogP contribution is -2.38. The Balaban J connectivity index is 1.54. The second-order valence-corrected chi connectivity index (χ2v) is 6.80. The molecular formula is C18H23NO5. The molecule has 1 saturated carbocycles. The van der Waals surface area contributed by atoms with Gasteiger partial charge in [-0.25, -0.2) is 4.79 Å². The Kier molecular flexibility index (Phi) is 4.87. The zero-order valence-electron chi connectivity index (χ0n) is 14.0. The fourth-order valence-electron chi connectivity index (χ4n) is 3.27. The van der Waals surface area contributed by atoms with Crippen LogP contribution in [0.1, 0.15) is 38.7 Å². The summed E-state index contributed by atoms with van der Waals surface area (Å²) in [6, 6.07) is 9.16. The van der Waals surface area contributed by atoms with Gasteiger partial charge in [0.15, 0.2) is 5.79 Å². The summed E-state index contributed by atoms with van der Waals surface area (Å²) < 4.78 is 16.9. The quantitative estimate of drug-likeness (QED) is 0.920. The minimum Gasteiger partial charge on any atom is -0.445 e. The third kappa shape index (κ3) is 4.33. The average molecular weight is 333 g/mol. The van der Waals surface area contributed by atoms with E-state index < -0.39 is 11.9 Å². The highest BCUT2D eigenvalue weighted by Crippen LogP contribution is 2.34. The van der Waals surface area contributed by atoms with Crippen LogP contribution < -0.4 is 5.32 Å². The summed E-state index contributed by atoms with van der Waals surface area (Å²) in [5.74, 6) is -0.622. The Morgan fingerprint density at radius 2 is 1.92 bits per heavy atom. The van der Waals surface area contributed by atoms with Gasteiger partial charge in [-0.05, 0) is 25.8 Å². The standard InChI is InChI=1S/C18H23NO5/c1-18(2)23-15-9-13(8-14(20)10-16(15)24-18)19-17(21)22-11-12-6-4-3-5-7-12/h3-7,13,15-16H,8-11H2,1-2H3,(H,19,21)/t13-,15-,16-/m0/s1. The molecule has 0 radical (unpaired) electrons. The molecule has 0 bridgehead atoms. The Labute approximate surface area is 141 Å². The Bertz CT molecular complexity index is 601. The third-order valence-electron chi connectivity index (χ3n) is 4.24. The number of carbonyl (C=O) groups is 2. The lowest BCUT2D eigenvalue weighted by atomic mass is 10.1. The molecule has 1 aliphatic heterocycles. The highest BCUT2D eigenvalue weighted by Gasteiger charge is 2.45. The van der Waals surface area contributed by atoms with E-state index in [1.54, 1.807) is 0 Å². The minimum absolute atomic E-state index is 0.0668. The first kappa shape index (κ1) is 16.9. The maximum atomic E-state index is 12.1. The number of hydrogen-bond donors (Lipinski definition) is 1. The number of benzene rings is 1. The maximum absolute atomic E-state index is 12.1. The fourth-order valence-corrected chi connectivity index (χ4v) is 3.27. The van der Waals surface area contributed by atoms with Gasteiger partial charge in [0.1, 0.15) is 12.4 Å². The SMILES string of the molecule is CC1(C)O[C@H]2CC(=O)C[C@H](NC(=O)OCc3ccccc3)C[C@@H]2O1. The van der Waals surface area contributed by atoms with Crippen LogP contribution in [0.2, 0.25) is 0 Å². The van der Waals surface area contributed by atoms with E-state index in [1.165, 1.54) is 0 Å². The van der Waals surface area contributed by atoms with Crippen molar-refractivity contribution in [2.45, 2.75) is 63.8 Å². The zero-order valence-corrected chi connectivity index (χ0v) is 14.0. The average Bonchev–Trinajstić information content (AvgIpc) is 2.71. The van der Waals surface area contributed by atoms with E-state index in [-0.39, 0.29) is 37.1 Å². The fraction of sp³-hybridized carbons (Fsp3) is 0.556. The molecule has 0 spiro atoms. The zero-order chi connectivity index (χ0) is 17.2. The molecule has 3 rings (SSSR count). The molecule has 2 aliphatic rings. The lowest BCUT2D eigenvalue weighted by molar-refractivity contribution is -0.150.